The largest absolute Gasteiger partial charge is 0.507 e. The number of carbonyl (C=O) groups excluding carboxylic acids is 1. The van der Waals surface area contributed by atoms with Crippen molar-refractivity contribution in [1.29, 1.82) is 0 Å². The van der Waals surface area contributed by atoms with Crippen molar-refractivity contribution in [2.75, 3.05) is 18.2 Å². The Hall–Kier alpha value is -3.70. The molecule has 4 aromatic carbocycles. The van der Waals surface area contributed by atoms with E-state index < -0.39 is 0 Å². The molecular weight excluding hydrogens is 400 g/mol. The van der Waals surface area contributed by atoms with Crippen LogP contribution in [0.15, 0.2) is 84.9 Å². The van der Waals surface area contributed by atoms with Gasteiger partial charge in [0.2, 0.25) is 0 Å². The van der Waals surface area contributed by atoms with Crippen molar-refractivity contribution in [1.82, 2.24) is 0 Å². The molecule has 5 nitrogen and oxygen atoms in total. The first-order chi connectivity index (χ1) is 14.5. The molecule has 1 amide bonds. The predicted octanol–water partition coefficient (Wildman–Crippen LogP) is 5.73. The van der Waals surface area contributed by atoms with E-state index in [2.05, 4.69) is 5.32 Å². The summed E-state index contributed by atoms with van der Waals surface area (Å²) in [5.74, 6) is 0.332. The van der Waals surface area contributed by atoms with E-state index in [-0.39, 0.29) is 17.2 Å². The Morgan fingerprint density at radius 1 is 0.933 bits per heavy atom. The summed E-state index contributed by atoms with van der Waals surface area (Å²) >= 11 is 5.80. The van der Waals surface area contributed by atoms with Gasteiger partial charge in [0.15, 0.2) is 0 Å². The molecule has 0 aromatic heterocycles. The number of nitrogens with two attached hydrogens (primary N) is 1. The van der Waals surface area contributed by atoms with E-state index >= 15 is 0 Å². The number of hydrogen-bond donors (Lipinski definition) is 3. The van der Waals surface area contributed by atoms with Crippen LogP contribution in [0.2, 0.25) is 5.02 Å². The second-order valence-electron chi connectivity index (χ2n) is 6.42. The standard InChI is InChI=1S/C17H12ClNO2.C7H9NO/c18-13-5-7-14(8-6-13)19-17(21)15-9-11-3-1-2-4-12(11)10-16(15)20;1-9-7-5-3-2-4-6(7)8/h1-10,20H,(H,19,21);2-5H,8H2,1H3. The zero-order valence-electron chi connectivity index (χ0n) is 16.3. The molecule has 4 rings (SSSR count). The summed E-state index contributed by atoms with van der Waals surface area (Å²) in [6, 6.07) is 25.0. The number of nitrogens with one attached hydrogen (secondary N) is 1. The molecule has 4 aromatic rings. The molecule has 0 saturated heterocycles. The molecule has 0 fully saturated rings. The zero-order valence-corrected chi connectivity index (χ0v) is 17.1. The summed E-state index contributed by atoms with van der Waals surface area (Å²) in [6.45, 7) is 0. The van der Waals surface area contributed by atoms with Gasteiger partial charge in [-0.3, -0.25) is 4.79 Å². The van der Waals surface area contributed by atoms with E-state index in [0.29, 0.717) is 16.4 Å². The number of nitrogen functional groups attached to an aromatic ring is 1. The SMILES string of the molecule is COc1ccccc1N.O=C(Nc1ccc(Cl)cc1)c1cc2ccccc2cc1O. The average molecular weight is 421 g/mol. The Morgan fingerprint density at radius 2 is 1.53 bits per heavy atom. The number of benzene rings is 4. The van der Waals surface area contributed by atoms with Crippen molar-refractivity contribution >= 4 is 39.7 Å². The normalized spacial score (nSPS) is 10.1. The number of hydrogen-bond acceptors (Lipinski definition) is 4. The number of para-hydroxylation sites is 2. The average Bonchev–Trinajstić information content (AvgIpc) is 2.75. The lowest BCUT2D eigenvalue weighted by Crippen LogP contribution is -2.12. The second kappa shape index (κ2) is 9.67. The molecule has 30 heavy (non-hydrogen) atoms. The number of anilines is 2. The van der Waals surface area contributed by atoms with Crippen LogP contribution in [0.25, 0.3) is 10.8 Å². The van der Waals surface area contributed by atoms with Gasteiger partial charge in [0.05, 0.1) is 18.4 Å². The van der Waals surface area contributed by atoms with Crippen LogP contribution in [-0.4, -0.2) is 18.1 Å². The molecule has 0 aliphatic carbocycles. The molecule has 0 aliphatic rings. The van der Waals surface area contributed by atoms with Crippen molar-refractivity contribution in [2.45, 2.75) is 0 Å². The number of phenols is 1. The highest BCUT2D eigenvalue weighted by atomic mass is 35.5. The van der Waals surface area contributed by atoms with Crippen LogP contribution in [0.3, 0.4) is 0 Å². The van der Waals surface area contributed by atoms with Crippen molar-refractivity contribution in [3.63, 3.8) is 0 Å². The van der Waals surface area contributed by atoms with Gasteiger partial charge in [-0.25, -0.2) is 0 Å². The van der Waals surface area contributed by atoms with Gasteiger partial charge in [-0.15, -0.1) is 0 Å². The molecule has 0 unspecified atom stereocenters. The fourth-order valence-electron chi connectivity index (χ4n) is 2.81. The number of amides is 1. The quantitative estimate of drug-likeness (QED) is 0.369. The van der Waals surface area contributed by atoms with Gasteiger partial charge in [0.25, 0.3) is 5.91 Å². The van der Waals surface area contributed by atoms with E-state index in [1.807, 2.05) is 42.5 Å². The first-order valence-corrected chi connectivity index (χ1v) is 9.53. The topological polar surface area (TPSA) is 84.6 Å². The highest BCUT2D eigenvalue weighted by molar-refractivity contribution is 6.30. The molecule has 0 bridgehead atoms. The number of phenolic OH excluding ortho intramolecular Hbond substituents is 1. The second-order valence-corrected chi connectivity index (χ2v) is 6.86. The fraction of sp³-hybridized carbons (Fsp3) is 0.0417. The van der Waals surface area contributed by atoms with Crippen LogP contribution >= 0.6 is 11.6 Å². The first kappa shape index (κ1) is 21.0. The Balaban J connectivity index is 0.000000239. The minimum absolute atomic E-state index is 0.0415. The zero-order chi connectivity index (χ0) is 21.5. The predicted molar refractivity (Wildman–Crippen MR) is 122 cm³/mol. The van der Waals surface area contributed by atoms with E-state index in [0.717, 1.165) is 16.5 Å². The number of halogens is 1. The Bertz CT molecular complexity index is 1160. The van der Waals surface area contributed by atoms with E-state index in [4.69, 9.17) is 22.1 Å². The molecule has 152 valence electrons. The smallest absolute Gasteiger partial charge is 0.259 e. The number of rotatable bonds is 3. The lowest BCUT2D eigenvalue weighted by molar-refractivity contribution is 0.102. The Labute approximate surface area is 179 Å². The fourth-order valence-corrected chi connectivity index (χ4v) is 2.93. The van der Waals surface area contributed by atoms with Gasteiger partial charge in [-0.05, 0) is 59.3 Å². The van der Waals surface area contributed by atoms with Gasteiger partial charge in [-0.2, -0.15) is 0 Å². The lowest BCUT2D eigenvalue weighted by Gasteiger charge is -2.08. The van der Waals surface area contributed by atoms with Crippen LogP contribution < -0.4 is 15.8 Å². The molecule has 0 aliphatic heterocycles. The summed E-state index contributed by atoms with van der Waals surface area (Å²) in [7, 11) is 1.60. The minimum atomic E-state index is -0.361. The third kappa shape index (κ3) is 5.21. The summed E-state index contributed by atoms with van der Waals surface area (Å²) < 4.78 is 4.92. The summed E-state index contributed by atoms with van der Waals surface area (Å²) in [5.41, 5.74) is 7.05. The maximum absolute atomic E-state index is 12.3. The molecule has 4 N–H and O–H groups in total. The third-order valence-corrected chi connectivity index (χ3v) is 4.60. The summed E-state index contributed by atoms with van der Waals surface area (Å²) in [4.78, 5) is 12.3. The molecular formula is C24H21ClN2O3. The van der Waals surface area contributed by atoms with Crippen LogP contribution in [0.1, 0.15) is 10.4 Å². The molecule has 0 spiro atoms. The Morgan fingerprint density at radius 3 is 2.13 bits per heavy atom. The number of ether oxygens (including phenoxy) is 1. The molecule has 0 atom stereocenters. The Kier molecular flexibility index (Phi) is 6.78. The number of carbonyl (C=O) groups is 1. The number of methoxy groups -OCH3 is 1. The van der Waals surface area contributed by atoms with E-state index in [1.165, 1.54) is 0 Å². The van der Waals surface area contributed by atoms with Gasteiger partial charge in [-0.1, -0.05) is 48.0 Å². The molecule has 0 radical (unpaired) electrons. The highest BCUT2D eigenvalue weighted by Crippen LogP contribution is 2.26. The maximum atomic E-state index is 12.3. The minimum Gasteiger partial charge on any atom is -0.507 e. The first-order valence-electron chi connectivity index (χ1n) is 9.15. The van der Waals surface area contributed by atoms with E-state index in [1.54, 1.807) is 49.6 Å². The van der Waals surface area contributed by atoms with Crippen molar-refractivity contribution < 1.29 is 14.6 Å². The van der Waals surface area contributed by atoms with E-state index in [9.17, 15) is 9.90 Å². The van der Waals surface area contributed by atoms with Crippen molar-refractivity contribution in [3.8, 4) is 11.5 Å². The van der Waals surface area contributed by atoms with Gasteiger partial charge < -0.3 is 20.9 Å². The monoisotopic (exact) mass is 420 g/mol. The van der Waals surface area contributed by atoms with Gasteiger partial charge in [0.1, 0.15) is 11.5 Å². The van der Waals surface area contributed by atoms with Crippen LogP contribution in [-0.2, 0) is 0 Å². The third-order valence-electron chi connectivity index (χ3n) is 4.35. The summed E-state index contributed by atoms with van der Waals surface area (Å²) in [6.07, 6.45) is 0. The van der Waals surface area contributed by atoms with Crippen LogP contribution in [0, 0.1) is 0 Å². The number of fused-ring (bicyclic) bond motifs is 1. The maximum Gasteiger partial charge on any atom is 0.259 e. The lowest BCUT2D eigenvalue weighted by atomic mass is 10.1. The van der Waals surface area contributed by atoms with Crippen LogP contribution in [0.5, 0.6) is 11.5 Å². The summed E-state index contributed by atoms with van der Waals surface area (Å²) in [5, 5.41) is 15.1. The van der Waals surface area contributed by atoms with Gasteiger partial charge in [0, 0.05) is 10.7 Å². The molecule has 0 saturated carbocycles. The van der Waals surface area contributed by atoms with Gasteiger partial charge >= 0.3 is 0 Å². The molecule has 0 heterocycles. The van der Waals surface area contributed by atoms with Crippen LogP contribution in [0.4, 0.5) is 11.4 Å². The highest BCUT2D eigenvalue weighted by Gasteiger charge is 2.12. The molecule has 6 heteroatoms. The van der Waals surface area contributed by atoms with Crippen molar-refractivity contribution in [3.05, 3.63) is 95.5 Å². The van der Waals surface area contributed by atoms with Crippen molar-refractivity contribution in [2.24, 2.45) is 0 Å². The number of aromatic hydroxyl groups is 1.